The Bertz CT molecular complexity index is 487. The van der Waals surface area contributed by atoms with Crippen LogP contribution in [-0.4, -0.2) is 26.4 Å². The Morgan fingerprint density at radius 3 is 2.85 bits per heavy atom. The number of benzene rings is 1. The third kappa shape index (κ3) is 4.61. The smallest absolute Gasteiger partial charge is 0.129 e. The van der Waals surface area contributed by atoms with Gasteiger partial charge in [-0.05, 0) is 30.9 Å². The van der Waals surface area contributed by atoms with E-state index < -0.39 is 0 Å². The van der Waals surface area contributed by atoms with E-state index in [-0.39, 0.29) is 12.4 Å². The van der Waals surface area contributed by atoms with Gasteiger partial charge < -0.3 is 15.2 Å². The standard InChI is InChI=1S/C16H20FNO2/c17-16-10-13(2-1-7-18)3-4-15(16)12-20-11-14-5-8-19-9-6-14/h3-4,10,14H,5-9,11-12,18H2. The lowest BCUT2D eigenvalue weighted by atomic mass is 10.0. The lowest BCUT2D eigenvalue weighted by molar-refractivity contribution is 0.0151. The van der Waals surface area contributed by atoms with Gasteiger partial charge in [0.1, 0.15) is 5.82 Å². The Morgan fingerprint density at radius 2 is 2.15 bits per heavy atom. The van der Waals surface area contributed by atoms with Crippen molar-refractivity contribution >= 4 is 0 Å². The molecule has 0 amide bonds. The summed E-state index contributed by atoms with van der Waals surface area (Å²) in [6.45, 7) is 2.84. The highest BCUT2D eigenvalue weighted by molar-refractivity contribution is 5.37. The van der Waals surface area contributed by atoms with Crippen molar-refractivity contribution in [3.05, 3.63) is 35.1 Å². The molecule has 0 atom stereocenters. The zero-order valence-electron chi connectivity index (χ0n) is 11.5. The van der Waals surface area contributed by atoms with Crippen LogP contribution in [0, 0.1) is 23.6 Å². The summed E-state index contributed by atoms with van der Waals surface area (Å²) in [4.78, 5) is 0. The van der Waals surface area contributed by atoms with Gasteiger partial charge in [0.15, 0.2) is 0 Å². The molecule has 1 aromatic carbocycles. The number of nitrogens with two attached hydrogens (primary N) is 1. The molecule has 2 rings (SSSR count). The van der Waals surface area contributed by atoms with E-state index in [1.54, 1.807) is 12.1 Å². The van der Waals surface area contributed by atoms with Crippen LogP contribution in [0.25, 0.3) is 0 Å². The number of halogens is 1. The maximum atomic E-state index is 13.8. The SMILES string of the molecule is NCC#Cc1ccc(COCC2CCOCC2)c(F)c1. The van der Waals surface area contributed by atoms with Crippen molar-refractivity contribution in [2.75, 3.05) is 26.4 Å². The van der Waals surface area contributed by atoms with Gasteiger partial charge in [0, 0.05) is 24.3 Å². The molecule has 108 valence electrons. The van der Waals surface area contributed by atoms with Crippen LogP contribution in [0.1, 0.15) is 24.0 Å². The highest BCUT2D eigenvalue weighted by atomic mass is 19.1. The zero-order chi connectivity index (χ0) is 14.2. The summed E-state index contributed by atoms with van der Waals surface area (Å²) >= 11 is 0. The second-order valence-corrected chi connectivity index (χ2v) is 4.88. The number of rotatable bonds is 4. The van der Waals surface area contributed by atoms with Crippen molar-refractivity contribution in [2.24, 2.45) is 11.7 Å². The van der Waals surface area contributed by atoms with Crippen LogP contribution in [0.15, 0.2) is 18.2 Å². The van der Waals surface area contributed by atoms with E-state index >= 15 is 0 Å². The van der Waals surface area contributed by atoms with Crippen molar-refractivity contribution in [3.63, 3.8) is 0 Å². The zero-order valence-corrected chi connectivity index (χ0v) is 11.5. The molecule has 0 bridgehead atoms. The molecule has 0 spiro atoms. The van der Waals surface area contributed by atoms with Gasteiger partial charge in [-0.1, -0.05) is 17.9 Å². The van der Waals surface area contributed by atoms with Crippen LogP contribution < -0.4 is 5.73 Å². The van der Waals surface area contributed by atoms with Gasteiger partial charge >= 0.3 is 0 Å². The maximum absolute atomic E-state index is 13.8. The molecule has 1 aromatic rings. The first-order valence-corrected chi connectivity index (χ1v) is 6.92. The topological polar surface area (TPSA) is 44.5 Å². The first-order valence-electron chi connectivity index (χ1n) is 6.92. The van der Waals surface area contributed by atoms with Gasteiger partial charge in [-0.2, -0.15) is 0 Å². The summed E-state index contributed by atoms with van der Waals surface area (Å²) in [6, 6.07) is 4.94. The maximum Gasteiger partial charge on any atom is 0.129 e. The van der Waals surface area contributed by atoms with Crippen LogP contribution in [0.4, 0.5) is 4.39 Å². The van der Waals surface area contributed by atoms with Crippen LogP contribution in [-0.2, 0) is 16.1 Å². The fraction of sp³-hybridized carbons (Fsp3) is 0.500. The fourth-order valence-electron chi connectivity index (χ4n) is 2.14. The molecular weight excluding hydrogens is 257 g/mol. The van der Waals surface area contributed by atoms with E-state index in [2.05, 4.69) is 11.8 Å². The van der Waals surface area contributed by atoms with Crippen molar-refractivity contribution in [2.45, 2.75) is 19.4 Å². The molecule has 0 aliphatic carbocycles. The highest BCUT2D eigenvalue weighted by Gasteiger charge is 2.14. The minimum Gasteiger partial charge on any atom is -0.381 e. The van der Waals surface area contributed by atoms with Gasteiger partial charge in [-0.25, -0.2) is 4.39 Å². The predicted molar refractivity (Wildman–Crippen MR) is 75.5 cm³/mol. The van der Waals surface area contributed by atoms with Crippen LogP contribution >= 0.6 is 0 Å². The molecule has 2 N–H and O–H groups in total. The molecule has 0 saturated carbocycles. The van der Waals surface area contributed by atoms with Crippen LogP contribution in [0.5, 0.6) is 0 Å². The molecule has 20 heavy (non-hydrogen) atoms. The van der Waals surface area contributed by atoms with E-state index in [1.165, 1.54) is 6.07 Å². The van der Waals surface area contributed by atoms with Gasteiger partial charge in [0.25, 0.3) is 0 Å². The van der Waals surface area contributed by atoms with E-state index in [0.29, 0.717) is 30.3 Å². The summed E-state index contributed by atoms with van der Waals surface area (Å²) in [5.41, 5.74) is 6.49. The minimum absolute atomic E-state index is 0.275. The van der Waals surface area contributed by atoms with E-state index in [9.17, 15) is 4.39 Å². The highest BCUT2D eigenvalue weighted by Crippen LogP contribution is 2.16. The average molecular weight is 277 g/mol. The summed E-state index contributed by atoms with van der Waals surface area (Å²) in [6.07, 6.45) is 2.05. The molecule has 0 unspecified atom stereocenters. The molecule has 1 fully saturated rings. The summed E-state index contributed by atoms with van der Waals surface area (Å²) in [7, 11) is 0. The third-order valence-corrected chi connectivity index (χ3v) is 3.34. The van der Waals surface area contributed by atoms with Gasteiger partial charge in [0.05, 0.1) is 19.8 Å². The Morgan fingerprint density at radius 1 is 1.35 bits per heavy atom. The number of hydrogen-bond donors (Lipinski definition) is 1. The van der Waals surface area contributed by atoms with E-state index in [4.69, 9.17) is 15.2 Å². The summed E-state index contributed by atoms with van der Waals surface area (Å²) in [5.74, 6) is 5.77. The molecule has 0 radical (unpaired) electrons. The van der Waals surface area contributed by atoms with Crippen LogP contribution in [0.2, 0.25) is 0 Å². The lowest BCUT2D eigenvalue weighted by Crippen LogP contribution is -2.20. The Labute approximate surface area is 119 Å². The molecule has 0 aromatic heterocycles. The quantitative estimate of drug-likeness (QED) is 0.857. The number of hydrogen-bond acceptors (Lipinski definition) is 3. The van der Waals surface area contributed by atoms with E-state index in [1.807, 2.05) is 0 Å². The molecule has 1 saturated heterocycles. The van der Waals surface area contributed by atoms with Gasteiger partial charge in [-0.3, -0.25) is 0 Å². The van der Waals surface area contributed by atoms with Gasteiger partial charge in [0.2, 0.25) is 0 Å². The summed E-state index contributed by atoms with van der Waals surface area (Å²) < 4.78 is 24.7. The van der Waals surface area contributed by atoms with Crippen molar-refractivity contribution in [1.82, 2.24) is 0 Å². The average Bonchev–Trinajstić information content (AvgIpc) is 2.48. The Balaban J connectivity index is 1.83. The molecule has 4 heteroatoms. The van der Waals surface area contributed by atoms with Crippen molar-refractivity contribution in [1.29, 1.82) is 0 Å². The van der Waals surface area contributed by atoms with Crippen LogP contribution in [0.3, 0.4) is 0 Å². The second kappa shape index (κ2) is 8.01. The first kappa shape index (κ1) is 15.0. The third-order valence-electron chi connectivity index (χ3n) is 3.34. The molecule has 1 heterocycles. The van der Waals surface area contributed by atoms with Gasteiger partial charge in [-0.15, -0.1) is 0 Å². The molecule has 1 aliphatic rings. The van der Waals surface area contributed by atoms with Crippen molar-refractivity contribution in [3.8, 4) is 11.8 Å². The largest absolute Gasteiger partial charge is 0.381 e. The molecule has 3 nitrogen and oxygen atoms in total. The second-order valence-electron chi connectivity index (χ2n) is 4.88. The Kier molecular flexibility index (Phi) is 6.00. The minimum atomic E-state index is -0.277. The fourth-order valence-corrected chi connectivity index (χ4v) is 2.14. The van der Waals surface area contributed by atoms with E-state index in [0.717, 1.165) is 26.1 Å². The predicted octanol–water partition coefficient (Wildman–Crippen LogP) is 2.08. The monoisotopic (exact) mass is 277 g/mol. The lowest BCUT2D eigenvalue weighted by Gasteiger charge is -2.21. The summed E-state index contributed by atoms with van der Waals surface area (Å²) in [5, 5.41) is 0. The normalized spacial score (nSPS) is 15.7. The molecular formula is C16H20FNO2. The number of ether oxygens (including phenoxy) is 2. The van der Waals surface area contributed by atoms with Crippen molar-refractivity contribution < 1.29 is 13.9 Å². The first-order chi connectivity index (χ1) is 9.79. The molecule has 1 aliphatic heterocycles. The Hall–Kier alpha value is -1.41.